The molecule has 0 spiro atoms. The minimum Gasteiger partial charge on any atom is -0.350 e. The van der Waals surface area contributed by atoms with Crippen LogP contribution in [0.1, 0.15) is 26.3 Å². The molecule has 6 nitrogen and oxygen atoms in total. The number of aromatic nitrogens is 1. The summed E-state index contributed by atoms with van der Waals surface area (Å²) in [5.41, 5.74) is 1.15. The molecule has 27 heavy (non-hydrogen) atoms. The third-order valence-electron chi connectivity index (χ3n) is 4.13. The number of carbonyl (C=O) groups is 2. The van der Waals surface area contributed by atoms with Crippen molar-refractivity contribution in [2.45, 2.75) is 6.92 Å². The van der Waals surface area contributed by atoms with Gasteiger partial charge in [0, 0.05) is 35.6 Å². The number of nitrogens with one attached hydrogen (secondary N) is 3. The number of hydrogen-bond donors (Lipinski definition) is 3. The Morgan fingerprint density at radius 2 is 1.70 bits per heavy atom. The largest absolute Gasteiger partial charge is 0.350 e. The Balaban J connectivity index is 1.59. The van der Waals surface area contributed by atoms with Crippen LogP contribution >= 0.6 is 0 Å². The molecular formula is C20H18FN3O3. The number of amides is 2. The fourth-order valence-electron chi connectivity index (χ4n) is 2.68. The van der Waals surface area contributed by atoms with Gasteiger partial charge in [0.25, 0.3) is 11.8 Å². The van der Waals surface area contributed by atoms with E-state index in [1.807, 2.05) is 0 Å². The molecule has 0 bridgehead atoms. The number of H-pyrrole nitrogens is 1. The first-order chi connectivity index (χ1) is 13.0. The van der Waals surface area contributed by atoms with Gasteiger partial charge in [-0.1, -0.05) is 24.3 Å². The van der Waals surface area contributed by atoms with Crippen molar-refractivity contribution in [3.8, 4) is 0 Å². The third kappa shape index (κ3) is 4.20. The molecule has 0 aliphatic carbocycles. The highest BCUT2D eigenvalue weighted by molar-refractivity contribution is 6.05. The summed E-state index contributed by atoms with van der Waals surface area (Å²) in [4.78, 5) is 38.8. The normalized spacial score (nSPS) is 10.6. The van der Waals surface area contributed by atoms with Crippen molar-refractivity contribution in [2.24, 2.45) is 0 Å². The topological polar surface area (TPSA) is 91.1 Å². The first kappa shape index (κ1) is 18.3. The molecule has 7 heteroatoms. The molecule has 0 saturated carbocycles. The standard InChI is InChI=1S/C20H18FN3O3/c1-12-6-7-13(10-16(12)21)19(26)22-8-9-23-20(27)15-11-18(25)24-17-5-3-2-4-14(15)17/h2-7,10-11H,8-9H2,1H3,(H,22,26)(H,23,27)(H,24,25). The van der Waals surface area contributed by atoms with Crippen LogP contribution in [0.4, 0.5) is 4.39 Å². The van der Waals surface area contributed by atoms with E-state index in [1.165, 1.54) is 24.3 Å². The van der Waals surface area contributed by atoms with E-state index in [2.05, 4.69) is 15.6 Å². The van der Waals surface area contributed by atoms with Crippen molar-refractivity contribution in [1.29, 1.82) is 0 Å². The van der Waals surface area contributed by atoms with Crippen molar-refractivity contribution < 1.29 is 14.0 Å². The highest BCUT2D eigenvalue weighted by Gasteiger charge is 2.12. The average Bonchev–Trinajstić information content (AvgIpc) is 2.66. The second kappa shape index (κ2) is 7.82. The maximum atomic E-state index is 13.5. The molecule has 2 amide bonds. The smallest absolute Gasteiger partial charge is 0.252 e. The van der Waals surface area contributed by atoms with E-state index in [1.54, 1.807) is 31.2 Å². The monoisotopic (exact) mass is 367 g/mol. The van der Waals surface area contributed by atoms with Crippen LogP contribution in [-0.4, -0.2) is 29.9 Å². The lowest BCUT2D eigenvalue weighted by Gasteiger charge is -2.09. The van der Waals surface area contributed by atoms with Gasteiger partial charge >= 0.3 is 0 Å². The van der Waals surface area contributed by atoms with E-state index in [0.29, 0.717) is 16.5 Å². The number of hydrogen-bond acceptors (Lipinski definition) is 3. The Bertz CT molecular complexity index is 1080. The van der Waals surface area contributed by atoms with Gasteiger partial charge in [-0.2, -0.15) is 0 Å². The molecule has 0 aliphatic heterocycles. The molecule has 1 heterocycles. The summed E-state index contributed by atoms with van der Waals surface area (Å²) >= 11 is 0. The van der Waals surface area contributed by atoms with Gasteiger partial charge in [0.1, 0.15) is 5.82 Å². The predicted molar refractivity (Wildman–Crippen MR) is 100 cm³/mol. The highest BCUT2D eigenvalue weighted by Crippen LogP contribution is 2.14. The molecular weight excluding hydrogens is 349 g/mol. The van der Waals surface area contributed by atoms with E-state index >= 15 is 0 Å². The van der Waals surface area contributed by atoms with Gasteiger partial charge in [0.2, 0.25) is 5.56 Å². The van der Waals surface area contributed by atoms with Crippen LogP contribution < -0.4 is 16.2 Å². The maximum absolute atomic E-state index is 13.5. The molecule has 3 rings (SSSR count). The van der Waals surface area contributed by atoms with Gasteiger partial charge in [-0.25, -0.2) is 4.39 Å². The molecule has 3 aromatic rings. The number of rotatable bonds is 5. The number of aryl methyl sites for hydroxylation is 1. The van der Waals surface area contributed by atoms with Gasteiger partial charge in [0.15, 0.2) is 0 Å². The summed E-state index contributed by atoms with van der Waals surface area (Å²) in [6.45, 7) is 1.95. The zero-order valence-corrected chi connectivity index (χ0v) is 14.6. The molecule has 1 aromatic heterocycles. The number of aromatic amines is 1. The molecule has 138 valence electrons. The Labute approximate surface area is 154 Å². The number of carbonyl (C=O) groups excluding carboxylic acids is 2. The fourth-order valence-corrected chi connectivity index (χ4v) is 2.68. The average molecular weight is 367 g/mol. The van der Waals surface area contributed by atoms with Crippen LogP contribution in [0.3, 0.4) is 0 Å². The molecule has 0 radical (unpaired) electrons. The number of pyridine rings is 1. The van der Waals surface area contributed by atoms with E-state index in [4.69, 9.17) is 0 Å². The van der Waals surface area contributed by atoms with Gasteiger partial charge in [-0.3, -0.25) is 14.4 Å². The van der Waals surface area contributed by atoms with E-state index in [-0.39, 0.29) is 29.8 Å². The Hall–Kier alpha value is -3.48. The van der Waals surface area contributed by atoms with Crippen LogP contribution in [0, 0.1) is 12.7 Å². The first-order valence-electron chi connectivity index (χ1n) is 8.40. The van der Waals surface area contributed by atoms with Crippen LogP contribution in [0.5, 0.6) is 0 Å². The minimum absolute atomic E-state index is 0.167. The fraction of sp³-hybridized carbons (Fsp3) is 0.150. The van der Waals surface area contributed by atoms with Crippen LogP contribution in [0.2, 0.25) is 0 Å². The van der Waals surface area contributed by atoms with Crippen molar-refractivity contribution in [1.82, 2.24) is 15.6 Å². The van der Waals surface area contributed by atoms with Crippen molar-refractivity contribution in [2.75, 3.05) is 13.1 Å². The minimum atomic E-state index is -0.447. The van der Waals surface area contributed by atoms with Crippen LogP contribution in [0.25, 0.3) is 10.9 Å². The highest BCUT2D eigenvalue weighted by atomic mass is 19.1. The van der Waals surface area contributed by atoms with Gasteiger partial charge < -0.3 is 15.6 Å². The van der Waals surface area contributed by atoms with Gasteiger partial charge in [-0.15, -0.1) is 0 Å². The Kier molecular flexibility index (Phi) is 5.30. The summed E-state index contributed by atoms with van der Waals surface area (Å²) in [5, 5.41) is 5.91. The molecule has 0 atom stereocenters. The third-order valence-corrected chi connectivity index (χ3v) is 4.13. The molecule has 0 aliphatic rings. The van der Waals surface area contributed by atoms with Crippen molar-refractivity contribution >= 4 is 22.7 Å². The second-order valence-corrected chi connectivity index (χ2v) is 6.07. The van der Waals surface area contributed by atoms with Gasteiger partial charge in [-0.05, 0) is 30.7 Å². The molecule has 2 aromatic carbocycles. The first-order valence-corrected chi connectivity index (χ1v) is 8.40. The zero-order valence-electron chi connectivity index (χ0n) is 14.6. The van der Waals surface area contributed by atoms with Crippen molar-refractivity contribution in [3.05, 3.63) is 81.4 Å². The molecule has 0 fully saturated rings. The van der Waals surface area contributed by atoms with E-state index in [0.717, 1.165) is 0 Å². The molecule has 0 saturated heterocycles. The zero-order chi connectivity index (χ0) is 19.4. The Morgan fingerprint density at radius 1 is 1.00 bits per heavy atom. The summed E-state index contributed by atoms with van der Waals surface area (Å²) in [6.07, 6.45) is 0. The number of benzene rings is 2. The van der Waals surface area contributed by atoms with Gasteiger partial charge in [0.05, 0.1) is 5.56 Å². The quantitative estimate of drug-likeness (QED) is 0.604. The molecule has 3 N–H and O–H groups in total. The van der Waals surface area contributed by atoms with Crippen LogP contribution in [0.15, 0.2) is 53.3 Å². The molecule has 0 unspecified atom stereocenters. The number of halogens is 1. The number of para-hydroxylation sites is 1. The summed E-state index contributed by atoms with van der Waals surface area (Å²) in [7, 11) is 0. The predicted octanol–water partition coefficient (Wildman–Crippen LogP) is 2.14. The maximum Gasteiger partial charge on any atom is 0.252 e. The second-order valence-electron chi connectivity index (χ2n) is 6.07. The van der Waals surface area contributed by atoms with E-state index in [9.17, 15) is 18.8 Å². The SMILES string of the molecule is Cc1ccc(C(=O)NCCNC(=O)c2cc(=O)[nH]c3ccccc23)cc1F. The lowest BCUT2D eigenvalue weighted by atomic mass is 10.1. The summed E-state index contributed by atoms with van der Waals surface area (Å²) < 4.78 is 13.5. The van der Waals surface area contributed by atoms with Crippen molar-refractivity contribution in [3.63, 3.8) is 0 Å². The lowest BCUT2D eigenvalue weighted by Crippen LogP contribution is -2.35. The van der Waals surface area contributed by atoms with Crippen LogP contribution in [-0.2, 0) is 0 Å². The summed E-state index contributed by atoms with van der Waals surface area (Å²) in [5.74, 6) is -1.28. The lowest BCUT2D eigenvalue weighted by molar-refractivity contribution is 0.0928. The van der Waals surface area contributed by atoms with E-state index < -0.39 is 17.6 Å². The summed E-state index contributed by atoms with van der Waals surface area (Å²) in [6, 6.07) is 12.5. The Morgan fingerprint density at radius 3 is 2.44 bits per heavy atom. The number of fused-ring (bicyclic) bond motifs is 1.